The van der Waals surface area contributed by atoms with E-state index in [9.17, 15) is 19.7 Å². The summed E-state index contributed by atoms with van der Waals surface area (Å²) in [5, 5.41) is 13.9. The Balaban J connectivity index is 2.08. The van der Waals surface area contributed by atoms with Gasteiger partial charge in [0.2, 0.25) is 0 Å². The van der Waals surface area contributed by atoms with E-state index < -0.39 is 16.7 Å². The lowest BCUT2D eigenvalue weighted by molar-refractivity contribution is -0.384. The molecule has 2 aromatic carbocycles. The first-order valence-electron chi connectivity index (χ1n) is 8.22. The summed E-state index contributed by atoms with van der Waals surface area (Å²) in [5.41, 5.74) is 2.33. The Morgan fingerprint density at radius 2 is 1.85 bits per heavy atom. The molecule has 0 atom stereocenters. The summed E-state index contributed by atoms with van der Waals surface area (Å²) < 4.78 is 0. The van der Waals surface area contributed by atoms with Crippen LogP contribution >= 0.6 is 0 Å². The second-order valence-corrected chi connectivity index (χ2v) is 6.06. The van der Waals surface area contributed by atoms with Crippen LogP contribution in [-0.4, -0.2) is 28.2 Å². The van der Waals surface area contributed by atoms with Gasteiger partial charge >= 0.3 is 0 Å². The second-order valence-electron chi connectivity index (χ2n) is 6.06. The average Bonchev–Trinajstić information content (AvgIpc) is 2.86. The number of aryl methyl sites for hydroxylation is 1. The summed E-state index contributed by atoms with van der Waals surface area (Å²) in [4.78, 5) is 37.0. The highest BCUT2D eigenvalue weighted by Crippen LogP contribution is 2.31. The first kappa shape index (κ1) is 18.1. The van der Waals surface area contributed by atoms with E-state index in [1.165, 1.54) is 30.3 Å². The van der Waals surface area contributed by atoms with Crippen molar-refractivity contribution in [3.8, 4) is 0 Å². The van der Waals surface area contributed by atoms with Gasteiger partial charge in [0.1, 0.15) is 5.70 Å². The zero-order chi connectivity index (χ0) is 19.6. The highest BCUT2D eigenvalue weighted by atomic mass is 16.6. The van der Waals surface area contributed by atoms with Gasteiger partial charge in [0.15, 0.2) is 0 Å². The van der Waals surface area contributed by atoms with Crippen molar-refractivity contribution >= 4 is 28.8 Å². The van der Waals surface area contributed by atoms with Crippen LogP contribution in [0.15, 0.2) is 66.9 Å². The van der Waals surface area contributed by atoms with Crippen molar-refractivity contribution in [2.45, 2.75) is 6.92 Å². The third-order valence-corrected chi connectivity index (χ3v) is 4.13. The first-order chi connectivity index (χ1) is 12.9. The monoisotopic (exact) mass is 363 g/mol. The third kappa shape index (κ3) is 3.48. The van der Waals surface area contributed by atoms with Crippen molar-refractivity contribution in [3.05, 3.63) is 88.1 Å². The fraction of sp³-hybridized carbons (Fsp3) is 0.100. The molecule has 0 fully saturated rings. The molecule has 0 bridgehead atoms. The predicted octanol–water partition coefficient (Wildman–Crippen LogP) is 3.28. The Labute approximate surface area is 155 Å². The number of nitrogens with one attached hydrogen (secondary N) is 1. The molecule has 2 amide bonds. The van der Waals surface area contributed by atoms with E-state index in [2.05, 4.69) is 11.9 Å². The molecule has 27 heavy (non-hydrogen) atoms. The maximum absolute atomic E-state index is 12.8. The van der Waals surface area contributed by atoms with Gasteiger partial charge in [-0.1, -0.05) is 18.2 Å². The average molecular weight is 363 g/mol. The number of hydrogen-bond acceptors (Lipinski definition) is 5. The Kier molecular flexibility index (Phi) is 4.85. The zero-order valence-corrected chi connectivity index (χ0v) is 14.6. The van der Waals surface area contributed by atoms with Crippen LogP contribution in [0.25, 0.3) is 5.57 Å². The van der Waals surface area contributed by atoms with Gasteiger partial charge in [-0.05, 0) is 42.3 Å². The van der Waals surface area contributed by atoms with Gasteiger partial charge in [0.25, 0.3) is 17.5 Å². The highest BCUT2D eigenvalue weighted by Gasteiger charge is 2.38. The van der Waals surface area contributed by atoms with Crippen LogP contribution in [0.2, 0.25) is 0 Å². The van der Waals surface area contributed by atoms with E-state index >= 15 is 0 Å². The summed E-state index contributed by atoms with van der Waals surface area (Å²) in [6, 6.07) is 13.0. The first-order valence-corrected chi connectivity index (χ1v) is 8.22. The molecular formula is C20H17N3O4. The van der Waals surface area contributed by atoms with Crippen molar-refractivity contribution in [1.82, 2.24) is 4.90 Å². The quantitative estimate of drug-likeness (QED) is 0.368. The Morgan fingerprint density at radius 1 is 1.15 bits per heavy atom. The molecule has 1 heterocycles. The number of nitro groups is 1. The van der Waals surface area contributed by atoms with Crippen molar-refractivity contribution in [2.24, 2.45) is 0 Å². The molecule has 1 aliphatic rings. The molecule has 7 heteroatoms. The predicted molar refractivity (Wildman–Crippen MR) is 102 cm³/mol. The number of hydrogen-bond donors (Lipinski definition) is 1. The van der Waals surface area contributed by atoms with Crippen molar-refractivity contribution in [1.29, 1.82) is 0 Å². The Morgan fingerprint density at radius 3 is 2.44 bits per heavy atom. The lowest BCUT2D eigenvalue weighted by Gasteiger charge is -2.12. The van der Waals surface area contributed by atoms with Gasteiger partial charge < -0.3 is 5.32 Å². The van der Waals surface area contributed by atoms with Crippen molar-refractivity contribution in [2.75, 3.05) is 11.9 Å². The number of nitrogens with zero attached hydrogens (tertiary/aromatic N) is 2. The molecule has 0 spiro atoms. The molecule has 1 N–H and O–H groups in total. The fourth-order valence-electron chi connectivity index (χ4n) is 2.87. The number of nitro benzene ring substituents is 1. The van der Waals surface area contributed by atoms with Gasteiger partial charge in [-0.2, -0.15) is 0 Å². The van der Waals surface area contributed by atoms with Crippen LogP contribution < -0.4 is 5.32 Å². The molecule has 0 saturated carbocycles. The molecular weight excluding hydrogens is 346 g/mol. The zero-order valence-electron chi connectivity index (χ0n) is 14.6. The topological polar surface area (TPSA) is 92.6 Å². The van der Waals surface area contributed by atoms with E-state index in [4.69, 9.17) is 0 Å². The Hall–Kier alpha value is -3.74. The van der Waals surface area contributed by atoms with Gasteiger partial charge in [-0.25, -0.2) is 0 Å². The summed E-state index contributed by atoms with van der Waals surface area (Å²) in [7, 11) is 0. The van der Waals surface area contributed by atoms with E-state index in [1.807, 2.05) is 25.1 Å². The molecule has 0 aromatic heterocycles. The molecule has 7 nitrogen and oxygen atoms in total. The van der Waals surface area contributed by atoms with E-state index in [0.29, 0.717) is 11.3 Å². The summed E-state index contributed by atoms with van der Waals surface area (Å²) in [5.74, 6) is -0.932. The van der Waals surface area contributed by atoms with Crippen LogP contribution in [0.5, 0.6) is 0 Å². The number of imide groups is 1. The van der Waals surface area contributed by atoms with E-state index in [0.717, 1.165) is 10.5 Å². The van der Waals surface area contributed by atoms with E-state index in [-0.39, 0.29) is 23.5 Å². The van der Waals surface area contributed by atoms with Crippen LogP contribution in [-0.2, 0) is 9.59 Å². The third-order valence-electron chi connectivity index (χ3n) is 4.13. The molecule has 3 rings (SSSR count). The van der Waals surface area contributed by atoms with Gasteiger partial charge in [-0.15, -0.1) is 6.58 Å². The standard InChI is InChI=1S/C20H17N3O4/c1-3-11-22-19(24)17(14-7-9-16(10-8-14)23(26)27)18(20(22)25)21-15-6-4-5-13(2)12-15/h3-10,12,21H,1,11H2,2H3. The molecule has 136 valence electrons. The molecule has 0 radical (unpaired) electrons. The SMILES string of the molecule is C=CCN1C(=O)C(Nc2cccc(C)c2)=C(c2ccc([N+](=O)[O-])cc2)C1=O. The smallest absolute Gasteiger partial charge is 0.278 e. The number of anilines is 1. The van der Waals surface area contributed by atoms with Gasteiger partial charge in [0.05, 0.1) is 10.5 Å². The van der Waals surface area contributed by atoms with Crippen LogP contribution in [0.4, 0.5) is 11.4 Å². The molecule has 0 saturated heterocycles. The number of rotatable bonds is 6. The lowest BCUT2D eigenvalue weighted by Crippen LogP contribution is -2.32. The number of benzene rings is 2. The summed E-state index contributed by atoms with van der Waals surface area (Å²) >= 11 is 0. The highest BCUT2D eigenvalue weighted by molar-refractivity contribution is 6.36. The minimum atomic E-state index is -0.518. The normalized spacial score (nSPS) is 13.9. The van der Waals surface area contributed by atoms with Crippen LogP contribution in [0, 0.1) is 17.0 Å². The molecule has 0 aliphatic carbocycles. The molecule has 0 unspecified atom stereocenters. The fourth-order valence-corrected chi connectivity index (χ4v) is 2.87. The van der Waals surface area contributed by atoms with Crippen LogP contribution in [0.1, 0.15) is 11.1 Å². The minimum Gasteiger partial charge on any atom is -0.350 e. The van der Waals surface area contributed by atoms with Gasteiger partial charge in [0, 0.05) is 24.4 Å². The minimum absolute atomic E-state index is 0.0765. The second kappa shape index (κ2) is 7.25. The maximum Gasteiger partial charge on any atom is 0.278 e. The Bertz CT molecular complexity index is 977. The maximum atomic E-state index is 12.8. The van der Waals surface area contributed by atoms with Gasteiger partial charge in [-0.3, -0.25) is 24.6 Å². The number of carbonyl (C=O) groups is 2. The van der Waals surface area contributed by atoms with E-state index in [1.54, 1.807) is 6.07 Å². The molecule has 1 aliphatic heterocycles. The summed E-state index contributed by atoms with van der Waals surface area (Å²) in [6.45, 7) is 5.58. The number of non-ortho nitro benzene ring substituents is 1. The van der Waals surface area contributed by atoms with Crippen LogP contribution in [0.3, 0.4) is 0 Å². The number of carbonyl (C=O) groups excluding carboxylic acids is 2. The van der Waals surface area contributed by atoms with Crippen molar-refractivity contribution < 1.29 is 14.5 Å². The largest absolute Gasteiger partial charge is 0.350 e. The van der Waals surface area contributed by atoms with Crippen molar-refractivity contribution in [3.63, 3.8) is 0 Å². The number of amides is 2. The molecule has 2 aromatic rings. The summed E-state index contributed by atoms with van der Waals surface area (Å²) in [6.07, 6.45) is 1.47. The lowest BCUT2D eigenvalue weighted by atomic mass is 10.0.